The lowest BCUT2D eigenvalue weighted by Gasteiger charge is -2.22. The highest BCUT2D eigenvalue weighted by Gasteiger charge is 2.23. The van der Waals surface area contributed by atoms with Gasteiger partial charge in [0.2, 0.25) is 0 Å². The average molecular weight is 339 g/mol. The molecule has 0 amide bonds. The summed E-state index contributed by atoms with van der Waals surface area (Å²) in [6.45, 7) is 3.24. The Kier molecular flexibility index (Phi) is 5.08. The highest BCUT2D eigenvalue weighted by molar-refractivity contribution is 5.85. The van der Waals surface area contributed by atoms with E-state index in [-0.39, 0.29) is 12.4 Å². The number of nitrogens with one attached hydrogen (secondary N) is 1. The zero-order valence-electron chi connectivity index (χ0n) is 13.9. The van der Waals surface area contributed by atoms with Crippen molar-refractivity contribution in [2.24, 2.45) is 0 Å². The van der Waals surface area contributed by atoms with Crippen LogP contribution >= 0.6 is 12.4 Å². The third-order valence-electron chi connectivity index (χ3n) is 4.89. The van der Waals surface area contributed by atoms with Gasteiger partial charge in [-0.1, -0.05) is 55.5 Å². The molecule has 2 nitrogen and oxygen atoms in total. The minimum Gasteiger partial charge on any atom is -0.319 e. The SMILES string of the molecule is CC(CC1NCc2ccccc2-n2cccc21)c1ccccc1.Cl. The minimum atomic E-state index is 0. The van der Waals surface area contributed by atoms with Crippen LogP contribution in [-0.4, -0.2) is 4.57 Å². The van der Waals surface area contributed by atoms with Crippen LogP contribution in [0.4, 0.5) is 0 Å². The third-order valence-corrected chi connectivity index (χ3v) is 4.89. The van der Waals surface area contributed by atoms with Crippen LogP contribution in [0.1, 0.15) is 42.1 Å². The molecule has 2 unspecified atom stereocenters. The van der Waals surface area contributed by atoms with Gasteiger partial charge in [0.15, 0.2) is 0 Å². The summed E-state index contributed by atoms with van der Waals surface area (Å²) in [7, 11) is 0. The van der Waals surface area contributed by atoms with Gasteiger partial charge in [-0.3, -0.25) is 0 Å². The van der Waals surface area contributed by atoms with E-state index in [9.17, 15) is 0 Å². The number of nitrogens with zero attached hydrogens (tertiary/aromatic N) is 1. The molecule has 3 heteroatoms. The van der Waals surface area contributed by atoms with E-state index in [0.717, 1.165) is 13.0 Å². The van der Waals surface area contributed by atoms with E-state index < -0.39 is 0 Å². The second-order valence-corrected chi connectivity index (χ2v) is 6.41. The first-order valence-corrected chi connectivity index (χ1v) is 8.37. The van der Waals surface area contributed by atoms with Crippen molar-refractivity contribution in [1.82, 2.24) is 9.88 Å². The Labute approximate surface area is 149 Å². The van der Waals surface area contributed by atoms with Crippen molar-refractivity contribution in [2.75, 3.05) is 0 Å². The molecule has 0 radical (unpaired) electrons. The summed E-state index contributed by atoms with van der Waals surface area (Å²) in [5.41, 5.74) is 5.43. The number of para-hydroxylation sites is 1. The van der Waals surface area contributed by atoms with Crippen LogP contribution in [0.3, 0.4) is 0 Å². The van der Waals surface area contributed by atoms with Gasteiger partial charge in [-0.25, -0.2) is 0 Å². The van der Waals surface area contributed by atoms with Gasteiger partial charge in [-0.2, -0.15) is 0 Å². The molecule has 0 aliphatic carbocycles. The molecule has 0 fully saturated rings. The molecule has 24 heavy (non-hydrogen) atoms. The van der Waals surface area contributed by atoms with Gasteiger partial charge >= 0.3 is 0 Å². The molecule has 1 aliphatic rings. The quantitative estimate of drug-likeness (QED) is 0.691. The maximum atomic E-state index is 3.76. The van der Waals surface area contributed by atoms with Gasteiger partial charge in [0.1, 0.15) is 0 Å². The zero-order chi connectivity index (χ0) is 15.6. The van der Waals surface area contributed by atoms with Gasteiger partial charge < -0.3 is 9.88 Å². The molecule has 1 aromatic heterocycles. The van der Waals surface area contributed by atoms with Crippen molar-refractivity contribution < 1.29 is 0 Å². The molecular formula is C21H23ClN2. The Morgan fingerprint density at radius 2 is 1.75 bits per heavy atom. The van der Waals surface area contributed by atoms with Crippen LogP contribution in [0.5, 0.6) is 0 Å². The summed E-state index contributed by atoms with van der Waals surface area (Å²) in [4.78, 5) is 0. The minimum absolute atomic E-state index is 0. The fourth-order valence-corrected chi connectivity index (χ4v) is 3.61. The lowest BCUT2D eigenvalue weighted by atomic mass is 9.92. The number of rotatable bonds is 3. The van der Waals surface area contributed by atoms with Gasteiger partial charge in [0.25, 0.3) is 0 Å². The molecule has 4 rings (SSSR count). The highest BCUT2D eigenvalue weighted by Crippen LogP contribution is 2.32. The molecule has 3 aromatic rings. The van der Waals surface area contributed by atoms with E-state index in [1.165, 1.54) is 22.5 Å². The molecule has 0 spiro atoms. The normalized spacial score (nSPS) is 17.1. The van der Waals surface area contributed by atoms with Crippen LogP contribution < -0.4 is 5.32 Å². The highest BCUT2D eigenvalue weighted by atomic mass is 35.5. The largest absolute Gasteiger partial charge is 0.319 e. The van der Waals surface area contributed by atoms with E-state index >= 15 is 0 Å². The van der Waals surface area contributed by atoms with Crippen molar-refractivity contribution in [3.05, 3.63) is 89.7 Å². The molecule has 0 saturated carbocycles. The van der Waals surface area contributed by atoms with Crippen LogP contribution in [0.15, 0.2) is 72.9 Å². The molecule has 2 aromatic carbocycles. The van der Waals surface area contributed by atoms with Crippen molar-refractivity contribution in [3.8, 4) is 5.69 Å². The Morgan fingerprint density at radius 3 is 2.58 bits per heavy atom. The van der Waals surface area contributed by atoms with E-state index in [1.54, 1.807) is 0 Å². The summed E-state index contributed by atoms with van der Waals surface area (Å²) < 4.78 is 2.34. The lowest BCUT2D eigenvalue weighted by Crippen LogP contribution is -2.21. The molecule has 0 saturated heterocycles. The van der Waals surface area contributed by atoms with E-state index in [1.807, 2.05) is 0 Å². The third kappa shape index (κ3) is 3.12. The molecule has 124 valence electrons. The van der Waals surface area contributed by atoms with E-state index in [2.05, 4.69) is 89.7 Å². The summed E-state index contributed by atoms with van der Waals surface area (Å²) in [6, 6.07) is 24.2. The fraction of sp³-hybridized carbons (Fsp3) is 0.238. The standard InChI is InChI=1S/C21H22N2.ClH/c1-16(17-8-3-2-4-9-17)14-19-21-12-7-13-23(21)20-11-6-5-10-18(20)15-22-19;/h2-13,16,19,22H,14-15H2,1H3;1H. The maximum absolute atomic E-state index is 3.76. The number of hydrogen-bond acceptors (Lipinski definition) is 1. The molecule has 1 N–H and O–H groups in total. The number of benzene rings is 2. The van der Waals surface area contributed by atoms with Crippen molar-refractivity contribution >= 4 is 12.4 Å². The Balaban J connectivity index is 0.00000169. The Hall–Kier alpha value is -2.03. The monoisotopic (exact) mass is 338 g/mol. The van der Waals surface area contributed by atoms with Crippen LogP contribution in [-0.2, 0) is 6.54 Å². The van der Waals surface area contributed by atoms with Gasteiger partial charge in [0, 0.05) is 30.2 Å². The van der Waals surface area contributed by atoms with Crippen molar-refractivity contribution in [2.45, 2.75) is 31.8 Å². The zero-order valence-corrected chi connectivity index (χ0v) is 14.7. The van der Waals surface area contributed by atoms with Crippen LogP contribution in [0, 0.1) is 0 Å². The smallest absolute Gasteiger partial charge is 0.0497 e. The van der Waals surface area contributed by atoms with Gasteiger partial charge in [-0.05, 0) is 41.7 Å². The predicted octanol–water partition coefficient (Wildman–Crippen LogP) is 5.24. The Morgan fingerprint density at radius 1 is 1.00 bits per heavy atom. The summed E-state index contributed by atoms with van der Waals surface area (Å²) in [5, 5.41) is 3.76. The molecular weight excluding hydrogens is 316 g/mol. The maximum Gasteiger partial charge on any atom is 0.0497 e. The number of halogens is 1. The number of hydrogen-bond donors (Lipinski definition) is 1. The second-order valence-electron chi connectivity index (χ2n) is 6.41. The number of aromatic nitrogens is 1. The van der Waals surface area contributed by atoms with Gasteiger partial charge in [0.05, 0.1) is 0 Å². The fourth-order valence-electron chi connectivity index (χ4n) is 3.61. The summed E-state index contributed by atoms with van der Waals surface area (Å²) in [6.07, 6.45) is 3.28. The first-order chi connectivity index (χ1) is 11.3. The topological polar surface area (TPSA) is 17.0 Å². The molecule has 0 bridgehead atoms. The molecule has 1 aliphatic heterocycles. The molecule has 2 heterocycles. The van der Waals surface area contributed by atoms with E-state index in [0.29, 0.717) is 12.0 Å². The van der Waals surface area contributed by atoms with Crippen molar-refractivity contribution in [1.29, 1.82) is 0 Å². The second kappa shape index (κ2) is 7.25. The van der Waals surface area contributed by atoms with Gasteiger partial charge in [-0.15, -0.1) is 12.4 Å². The lowest BCUT2D eigenvalue weighted by molar-refractivity contribution is 0.459. The number of fused-ring (bicyclic) bond motifs is 3. The van der Waals surface area contributed by atoms with E-state index in [4.69, 9.17) is 0 Å². The average Bonchev–Trinajstić information content (AvgIpc) is 3.04. The van der Waals surface area contributed by atoms with Crippen LogP contribution in [0.25, 0.3) is 5.69 Å². The molecule has 2 atom stereocenters. The Bertz CT molecular complexity index is 794. The van der Waals surface area contributed by atoms with Crippen LogP contribution in [0.2, 0.25) is 0 Å². The summed E-state index contributed by atoms with van der Waals surface area (Å²) in [5.74, 6) is 0.526. The predicted molar refractivity (Wildman–Crippen MR) is 102 cm³/mol. The first kappa shape index (κ1) is 16.8. The first-order valence-electron chi connectivity index (χ1n) is 8.37. The van der Waals surface area contributed by atoms with Crippen molar-refractivity contribution in [3.63, 3.8) is 0 Å². The summed E-state index contributed by atoms with van der Waals surface area (Å²) >= 11 is 0.